The molecule has 11 heteroatoms. The molecule has 6 rings (SSSR count). The maximum atomic E-state index is 13.5. The number of H-pyrrole nitrogens is 1. The molecular weight excluding hydrogens is 536 g/mol. The number of nitrogens with zero attached hydrogens (tertiary/aromatic N) is 3. The van der Waals surface area contributed by atoms with Gasteiger partial charge in [0.15, 0.2) is 0 Å². The van der Waals surface area contributed by atoms with Gasteiger partial charge in [-0.15, -0.1) is 0 Å². The largest absolute Gasteiger partial charge is 0.457 e. The van der Waals surface area contributed by atoms with Crippen LogP contribution in [0.4, 0.5) is 5.82 Å². The second-order valence-electron chi connectivity index (χ2n) is 10.0. The van der Waals surface area contributed by atoms with Crippen LogP contribution < -0.4 is 16.2 Å². The molecule has 1 aliphatic heterocycles. The van der Waals surface area contributed by atoms with Gasteiger partial charge in [-0.05, 0) is 73.2 Å². The Morgan fingerprint density at radius 1 is 0.952 bits per heavy atom. The van der Waals surface area contributed by atoms with Gasteiger partial charge in [0.25, 0.3) is 5.91 Å². The number of aryl methyl sites for hydroxylation is 1. The fourth-order valence-electron chi connectivity index (χ4n) is 4.98. The number of nitrogens with one attached hydrogen (secondary N) is 1. The number of carbonyl (C=O) groups excluding carboxylic acids is 3. The summed E-state index contributed by atoms with van der Waals surface area (Å²) in [7, 11) is 0. The summed E-state index contributed by atoms with van der Waals surface area (Å²) in [5, 5.41) is 5.13. The van der Waals surface area contributed by atoms with Crippen LogP contribution in [0.3, 0.4) is 0 Å². The number of carbonyl (C=O) groups is 3. The highest BCUT2D eigenvalue weighted by atomic mass is 16.5. The molecule has 212 valence electrons. The lowest BCUT2D eigenvalue weighted by Gasteiger charge is -2.26. The zero-order valence-corrected chi connectivity index (χ0v) is 22.8. The summed E-state index contributed by atoms with van der Waals surface area (Å²) in [5.74, 6) is 0.286. The molecule has 5 aromatic rings. The molecule has 1 saturated heterocycles. The summed E-state index contributed by atoms with van der Waals surface area (Å²) in [6.45, 7) is 4.03. The molecule has 3 aromatic carbocycles. The van der Waals surface area contributed by atoms with Gasteiger partial charge >= 0.3 is 0 Å². The second-order valence-corrected chi connectivity index (χ2v) is 10.0. The Balaban J connectivity index is 1.22. The number of amides is 2. The number of benzene rings is 3. The number of ketones is 1. The molecule has 0 aliphatic carbocycles. The van der Waals surface area contributed by atoms with Gasteiger partial charge < -0.3 is 30.8 Å². The molecule has 3 heterocycles. The van der Waals surface area contributed by atoms with Crippen LogP contribution in [-0.4, -0.2) is 63.6 Å². The smallest absolute Gasteiger partial charge is 0.254 e. The summed E-state index contributed by atoms with van der Waals surface area (Å²) < 4.78 is 12.7. The van der Waals surface area contributed by atoms with Crippen molar-refractivity contribution < 1.29 is 23.9 Å². The van der Waals surface area contributed by atoms with Gasteiger partial charge in [0.05, 0.1) is 36.4 Å². The van der Waals surface area contributed by atoms with Gasteiger partial charge in [0, 0.05) is 35.1 Å². The van der Waals surface area contributed by atoms with E-state index in [1.807, 2.05) is 13.0 Å². The number of nitrogen functional groups attached to an aromatic ring is 1. The molecule has 42 heavy (non-hydrogen) atoms. The Morgan fingerprint density at radius 3 is 2.50 bits per heavy atom. The van der Waals surface area contributed by atoms with Crippen molar-refractivity contribution in [1.29, 1.82) is 0 Å². The predicted octanol–water partition coefficient (Wildman–Crippen LogP) is 3.84. The number of anilines is 1. The van der Waals surface area contributed by atoms with Crippen LogP contribution in [0.2, 0.25) is 0 Å². The number of ether oxygens (including phenoxy) is 2. The summed E-state index contributed by atoms with van der Waals surface area (Å²) >= 11 is 0. The first-order chi connectivity index (χ1) is 20.3. The average Bonchev–Trinajstić information content (AvgIpc) is 3.60. The number of rotatable bonds is 7. The van der Waals surface area contributed by atoms with E-state index >= 15 is 0 Å². The lowest BCUT2D eigenvalue weighted by atomic mass is 10.1. The highest BCUT2D eigenvalue weighted by Crippen LogP contribution is 2.29. The number of primary amides is 1. The molecule has 2 amide bonds. The Labute approximate surface area is 240 Å². The molecule has 0 spiro atoms. The van der Waals surface area contributed by atoms with Crippen LogP contribution in [0.5, 0.6) is 11.5 Å². The van der Waals surface area contributed by atoms with Crippen molar-refractivity contribution in [2.75, 3.05) is 32.0 Å². The lowest BCUT2D eigenvalue weighted by Crippen LogP contribution is -2.40. The zero-order chi connectivity index (χ0) is 29.4. The van der Waals surface area contributed by atoms with Crippen molar-refractivity contribution in [3.05, 3.63) is 101 Å². The van der Waals surface area contributed by atoms with E-state index in [-0.39, 0.29) is 23.1 Å². The molecule has 5 N–H and O–H groups in total. The predicted molar refractivity (Wildman–Crippen MR) is 156 cm³/mol. The first kappa shape index (κ1) is 26.8. The monoisotopic (exact) mass is 564 g/mol. The highest BCUT2D eigenvalue weighted by Gasteiger charge is 2.22. The summed E-state index contributed by atoms with van der Waals surface area (Å²) in [6, 6.07) is 19.0. The number of aromatic nitrogens is 3. The van der Waals surface area contributed by atoms with Crippen LogP contribution >= 0.6 is 0 Å². The topological polar surface area (TPSA) is 159 Å². The third kappa shape index (κ3) is 5.08. The number of aromatic amines is 1. The van der Waals surface area contributed by atoms with E-state index in [0.29, 0.717) is 60.3 Å². The molecule has 0 unspecified atom stereocenters. The molecule has 0 saturated carbocycles. The molecule has 0 bridgehead atoms. The number of hydrogen-bond donors (Lipinski definition) is 3. The SMILES string of the molecule is Cc1cc(Oc2cccc(C(N)=O)c2)ccc1-n1ncc(C(=O)c2cc3cc(C(=O)N4CCOCC4)ccc3[nH]2)c1N. The van der Waals surface area contributed by atoms with Crippen molar-refractivity contribution in [2.24, 2.45) is 5.73 Å². The minimum Gasteiger partial charge on any atom is -0.457 e. The zero-order valence-electron chi connectivity index (χ0n) is 22.8. The van der Waals surface area contributed by atoms with Crippen LogP contribution in [0, 0.1) is 6.92 Å². The molecule has 1 fully saturated rings. The molecular formula is C31H28N6O5. The van der Waals surface area contributed by atoms with Gasteiger partial charge in [-0.25, -0.2) is 4.68 Å². The Hall–Kier alpha value is -5.42. The molecule has 0 radical (unpaired) electrons. The standard InChI is InChI=1S/C31H28N6O5/c1-18-13-23(42-22-4-2-3-19(15-22)30(33)39)6-8-27(18)37-29(32)24(17-34-37)28(38)26-16-21-14-20(5-7-25(21)35-26)31(40)36-9-11-41-12-10-36/h2-8,13-17,35H,9-12,32H2,1H3,(H2,33,39). The summed E-state index contributed by atoms with van der Waals surface area (Å²) in [4.78, 5) is 42.7. The van der Waals surface area contributed by atoms with Crippen molar-refractivity contribution in [3.8, 4) is 17.2 Å². The second kappa shape index (κ2) is 10.9. The Morgan fingerprint density at radius 2 is 1.74 bits per heavy atom. The van der Waals surface area contributed by atoms with Crippen LogP contribution in [-0.2, 0) is 4.74 Å². The van der Waals surface area contributed by atoms with Gasteiger partial charge in [0.2, 0.25) is 11.7 Å². The summed E-state index contributed by atoms with van der Waals surface area (Å²) in [6.07, 6.45) is 1.44. The number of hydrogen-bond acceptors (Lipinski definition) is 7. The van der Waals surface area contributed by atoms with E-state index < -0.39 is 5.91 Å². The first-order valence-electron chi connectivity index (χ1n) is 13.4. The first-order valence-corrected chi connectivity index (χ1v) is 13.4. The third-order valence-electron chi connectivity index (χ3n) is 7.21. The van der Waals surface area contributed by atoms with E-state index in [1.54, 1.807) is 65.6 Å². The van der Waals surface area contributed by atoms with Gasteiger partial charge in [-0.1, -0.05) is 6.07 Å². The Bertz CT molecular complexity index is 1850. The lowest BCUT2D eigenvalue weighted by molar-refractivity contribution is 0.0303. The van der Waals surface area contributed by atoms with Crippen LogP contribution in [0.1, 0.15) is 42.3 Å². The molecule has 11 nitrogen and oxygen atoms in total. The van der Waals surface area contributed by atoms with Crippen molar-refractivity contribution in [2.45, 2.75) is 6.92 Å². The van der Waals surface area contributed by atoms with E-state index in [1.165, 1.54) is 10.9 Å². The maximum Gasteiger partial charge on any atom is 0.254 e. The molecule has 0 atom stereocenters. The normalized spacial score (nSPS) is 13.3. The van der Waals surface area contributed by atoms with E-state index in [4.69, 9.17) is 20.9 Å². The van der Waals surface area contributed by atoms with E-state index in [2.05, 4.69) is 10.1 Å². The van der Waals surface area contributed by atoms with Crippen molar-refractivity contribution in [1.82, 2.24) is 19.7 Å². The summed E-state index contributed by atoms with van der Waals surface area (Å²) in [5.41, 5.74) is 15.5. The van der Waals surface area contributed by atoms with Crippen molar-refractivity contribution in [3.63, 3.8) is 0 Å². The van der Waals surface area contributed by atoms with E-state index in [9.17, 15) is 14.4 Å². The van der Waals surface area contributed by atoms with Crippen molar-refractivity contribution >= 4 is 34.3 Å². The Kier molecular flexibility index (Phi) is 6.93. The quantitative estimate of drug-likeness (QED) is 0.253. The maximum absolute atomic E-state index is 13.5. The fraction of sp³-hybridized carbons (Fsp3) is 0.161. The van der Waals surface area contributed by atoms with E-state index in [0.717, 1.165) is 16.5 Å². The average molecular weight is 565 g/mol. The number of morpholine rings is 1. The third-order valence-corrected chi connectivity index (χ3v) is 7.21. The minimum atomic E-state index is -0.539. The van der Waals surface area contributed by atoms with Crippen LogP contribution in [0.25, 0.3) is 16.6 Å². The highest BCUT2D eigenvalue weighted by molar-refractivity contribution is 6.13. The van der Waals surface area contributed by atoms with Gasteiger partial charge in [-0.3, -0.25) is 14.4 Å². The number of nitrogens with two attached hydrogens (primary N) is 2. The van der Waals surface area contributed by atoms with Gasteiger partial charge in [0.1, 0.15) is 17.3 Å². The number of fused-ring (bicyclic) bond motifs is 1. The van der Waals surface area contributed by atoms with Crippen LogP contribution in [0.15, 0.2) is 72.9 Å². The minimum absolute atomic E-state index is 0.0641. The molecule has 2 aromatic heterocycles. The van der Waals surface area contributed by atoms with Gasteiger partial charge in [-0.2, -0.15) is 5.10 Å². The fourth-order valence-corrected chi connectivity index (χ4v) is 4.98. The molecule has 1 aliphatic rings.